The van der Waals surface area contributed by atoms with Gasteiger partial charge < -0.3 is 10.6 Å². The van der Waals surface area contributed by atoms with Gasteiger partial charge in [-0.05, 0) is 18.1 Å². The summed E-state index contributed by atoms with van der Waals surface area (Å²) in [6.45, 7) is 4.78. The Labute approximate surface area is 84.2 Å². The molecule has 0 saturated carbocycles. The van der Waals surface area contributed by atoms with Crippen molar-refractivity contribution in [2.45, 2.75) is 13.5 Å². The molecule has 0 aromatic heterocycles. The minimum Gasteiger partial charge on any atom is -0.370 e. The van der Waals surface area contributed by atoms with Crippen molar-refractivity contribution < 1.29 is 0 Å². The van der Waals surface area contributed by atoms with Crippen molar-refractivity contribution in [3.8, 4) is 0 Å². The lowest BCUT2D eigenvalue weighted by Gasteiger charge is -2.18. The summed E-state index contributed by atoms with van der Waals surface area (Å²) in [4.78, 5) is 6.28. The zero-order valence-corrected chi connectivity index (χ0v) is 8.40. The second kappa shape index (κ2) is 3.70. The molecule has 74 valence electrons. The van der Waals surface area contributed by atoms with Gasteiger partial charge in [0.05, 0.1) is 6.54 Å². The molecule has 3 heteroatoms. The number of hydrogen-bond acceptors (Lipinski definition) is 3. The molecule has 0 atom stereocenters. The minimum atomic E-state index is 0.674. The summed E-state index contributed by atoms with van der Waals surface area (Å²) in [7, 11) is 0. The number of nitrogens with zero attached hydrogens (tertiary/aromatic N) is 2. The predicted octanol–water partition coefficient (Wildman–Crippen LogP) is 1.13. The van der Waals surface area contributed by atoms with Gasteiger partial charge in [0, 0.05) is 13.1 Å². The molecule has 0 saturated heterocycles. The Morgan fingerprint density at radius 1 is 1.43 bits per heavy atom. The molecule has 0 radical (unpaired) electrons. The topological polar surface area (TPSA) is 41.6 Å². The van der Waals surface area contributed by atoms with Gasteiger partial charge in [0.1, 0.15) is 0 Å². The van der Waals surface area contributed by atoms with Crippen LogP contribution in [0.2, 0.25) is 0 Å². The maximum absolute atomic E-state index is 5.75. The lowest BCUT2D eigenvalue weighted by Crippen LogP contribution is -2.33. The third kappa shape index (κ3) is 1.71. The minimum absolute atomic E-state index is 0.674. The van der Waals surface area contributed by atoms with Crippen LogP contribution >= 0.6 is 0 Å². The molecule has 0 amide bonds. The molecular weight excluding hydrogens is 174 g/mol. The van der Waals surface area contributed by atoms with Crippen LogP contribution < -0.4 is 5.73 Å². The van der Waals surface area contributed by atoms with Crippen LogP contribution in [0.5, 0.6) is 0 Å². The summed E-state index contributed by atoms with van der Waals surface area (Å²) in [6.07, 6.45) is 0. The van der Waals surface area contributed by atoms with Gasteiger partial charge in [0.25, 0.3) is 0 Å². The van der Waals surface area contributed by atoms with Crippen LogP contribution in [-0.4, -0.2) is 23.9 Å². The largest absolute Gasteiger partial charge is 0.370 e. The predicted molar refractivity (Wildman–Crippen MR) is 58.1 cm³/mol. The maximum atomic E-state index is 5.75. The van der Waals surface area contributed by atoms with E-state index in [1.54, 1.807) is 0 Å². The summed E-state index contributed by atoms with van der Waals surface area (Å²) >= 11 is 0. The van der Waals surface area contributed by atoms with E-state index in [9.17, 15) is 0 Å². The number of hydrogen-bond donors (Lipinski definition) is 1. The summed E-state index contributed by atoms with van der Waals surface area (Å²) < 4.78 is 0. The lowest BCUT2D eigenvalue weighted by atomic mass is 10.1. The molecule has 1 aromatic rings. The van der Waals surface area contributed by atoms with E-state index in [-0.39, 0.29) is 0 Å². The van der Waals surface area contributed by atoms with E-state index in [0.717, 1.165) is 19.6 Å². The van der Waals surface area contributed by atoms with Gasteiger partial charge in [-0.15, -0.1) is 0 Å². The Balaban J connectivity index is 2.11. The molecular formula is C11H15N3. The summed E-state index contributed by atoms with van der Waals surface area (Å²) in [5.74, 6) is 0.674. The fourth-order valence-electron chi connectivity index (χ4n) is 1.65. The zero-order chi connectivity index (χ0) is 9.97. The number of aliphatic imine (C=N–C) groups is 1. The molecule has 1 aromatic carbocycles. The van der Waals surface area contributed by atoms with Gasteiger partial charge in [0.2, 0.25) is 0 Å². The number of guanidine groups is 1. The second-order valence-electron chi connectivity index (χ2n) is 3.59. The van der Waals surface area contributed by atoms with Gasteiger partial charge in [-0.2, -0.15) is 0 Å². The van der Waals surface area contributed by atoms with Crippen LogP contribution in [0.25, 0.3) is 0 Å². The Morgan fingerprint density at radius 2 is 2.21 bits per heavy atom. The average Bonchev–Trinajstić information content (AvgIpc) is 2.56. The fraction of sp³-hybridized carbons (Fsp3) is 0.364. The van der Waals surface area contributed by atoms with Gasteiger partial charge in [-0.1, -0.05) is 24.3 Å². The fourth-order valence-corrected chi connectivity index (χ4v) is 1.65. The highest BCUT2D eigenvalue weighted by molar-refractivity contribution is 5.79. The normalized spacial score (nSPS) is 15.8. The highest BCUT2D eigenvalue weighted by atomic mass is 15.3. The van der Waals surface area contributed by atoms with Crippen molar-refractivity contribution in [1.82, 2.24) is 4.90 Å². The SMILES string of the molecule is Cc1ccccc1CN1CCN=C1N. The molecule has 1 aliphatic heterocycles. The van der Waals surface area contributed by atoms with Crippen LogP contribution in [0.15, 0.2) is 29.3 Å². The summed E-state index contributed by atoms with van der Waals surface area (Å²) in [5, 5.41) is 0. The average molecular weight is 189 g/mol. The Morgan fingerprint density at radius 3 is 2.86 bits per heavy atom. The van der Waals surface area contributed by atoms with E-state index in [1.165, 1.54) is 11.1 Å². The van der Waals surface area contributed by atoms with Gasteiger partial charge >= 0.3 is 0 Å². The van der Waals surface area contributed by atoms with Crippen molar-refractivity contribution in [2.24, 2.45) is 10.7 Å². The quantitative estimate of drug-likeness (QED) is 0.757. The summed E-state index contributed by atoms with van der Waals surface area (Å²) in [6, 6.07) is 8.38. The Kier molecular flexibility index (Phi) is 2.39. The second-order valence-corrected chi connectivity index (χ2v) is 3.59. The molecule has 0 unspecified atom stereocenters. The number of benzene rings is 1. The molecule has 0 aliphatic carbocycles. The first-order valence-electron chi connectivity index (χ1n) is 4.87. The number of rotatable bonds is 2. The first-order valence-corrected chi connectivity index (χ1v) is 4.87. The van der Waals surface area contributed by atoms with Gasteiger partial charge in [0.15, 0.2) is 5.96 Å². The molecule has 0 fully saturated rings. The Bertz CT molecular complexity index is 357. The lowest BCUT2D eigenvalue weighted by molar-refractivity contribution is 0.447. The van der Waals surface area contributed by atoms with E-state index in [2.05, 4.69) is 41.1 Å². The first-order chi connectivity index (χ1) is 6.77. The van der Waals surface area contributed by atoms with Crippen LogP contribution in [0.4, 0.5) is 0 Å². The smallest absolute Gasteiger partial charge is 0.191 e. The van der Waals surface area contributed by atoms with Crippen molar-refractivity contribution in [2.75, 3.05) is 13.1 Å². The highest BCUT2D eigenvalue weighted by Gasteiger charge is 2.13. The standard InChI is InChI=1S/C11H15N3/c1-9-4-2-3-5-10(9)8-14-7-6-13-11(14)12/h2-5H,6-8H2,1H3,(H2,12,13). The van der Waals surface area contributed by atoms with Crippen LogP contribution in [0, 0.1) is 6.92 Å². The molecule has 0 bridgehead atoms. The van der Waals surface area contributed by atoms with Crippen LogP contribution in [0.1, 0.15) is 11.1 Å². The Hall–Kier alpha value is -1.51. The molecule has 3 nitrogen and oxygen atoms in total. The molecule has 2 rings (SSSR count). The van der Waals surface area contributed by atoms with E-state index in [4.69, 9.17) is 5.73 Å². The van der Waals surface area contributed by atoms with Gasteiger partial charge in [-0.3, -0.25) is 4.99 Å². The van der Waals surface area contributed by atoms with E-state index < -0.39 is 0 Å². The van der Waals surface area contributed by atoms with Crippen molar-refractivity contribution in [3.63, 3.8) is 0 Å². The first kappa shape index (κ1) is 9.06. The van der Waals surface area contributed by atoms with Crippen molar-refractivity contribution >= 4 is 5.96 Å². The molecule has 14 heavy (non-hydrogen) atoms. The van der Waals surface area contributed by atoms with Crippen LogP contribution in [0.3, 0.4) is 0 Å². The zero-order valence-electron chi connectivity index (χ0n) is 8.40. The van der Waals surface area contributed by atoms with E-state index in [1.807, 2.05) is 0 Å². The summed E-state index contributed by atoms with van der Waals surface area (Å²) in [5.41, 5.74) is 8.39. The van der Waals surface area contributed by atoms with E-state index in [0.29, 0.717) is 5.96 Å². The molecule has 1 aliphatic rings. The highest BCUT2D eigenvalue weighted by Crippen LogP contribution is 2.11. The third-order valence-corrected chi connectivity index (χ3v) is 2.59. The monoisotopic (exact) mass is 189 g/mol. The molecule has 1 heterocycles. The third-order valence-electron chi connectivity index (χ3n) is 2.59. The van der Waals surface area contributed by atoms with Crippen LogP contribution in [-0.2, 0) is 6.54 Å². The maximum Gasteiger partial charge on any atom is 0.191 e. The molecule has 2 N–H and O–H groups in total. The number of nitrogens with two attached hydrogens (primary N) is 1. The van der Waals surface area contributed by atoms with E-state index >= 15 is 0 Å². The number of aryl methyl sites for hydroxylation is 1. The van der Waals surface area contributed by atoms with Gasteiger partial charge in [-0.25, -0.2) is 0 Å². The van der Waals surface area contributed by atoms with Crippen molar-refractivity contribution in [3.05, 3.63) is 35.4 Å². The van der Waals surface area contributed by atoms with Crippen molar-refractivity contribution in [1.29, 1.82) is 0 Å². The molecule has 0 spiro atoms.